The Morgan fingerprint density at radius 2 is 1.62 bits per heavy atom. The van der Waals surface area contributed by atoms with E-state index in [2.05, 4.69) is 0 Å². The first-order valence-corrected chi connectivity index (χ1v) is 4.76. The van der Waals surface area contributed by atoms with Gasteiger partial charge in [0, 0.05) is 6.42 Å². The predicted octanol–water partition coefficient (Wildman–Crippen LogP) is 4.40. The summed E-state index contributed by atoms with van der Waals surface area (Å²) in [5, 5.41) is 0. The smallest absolute Gasteiger partial charge is 0.171 e. The number of hydrogen-bond donors (Lipinski definition) is 0. The standard InChI is InChI=1S/C10H19F3/c1-5-6-9(3,4)8(2)7-10(11,12)13/h8H,5-7H2,1-4H3. The average molecular weight is 196 g/mol. The molecule has 0 N–H and O–H groups in total. The van der Waals surface area contributed by atoms with Crippen LogP contribution in [0.15, 0.2) is 0 Å². The van der Waals surface area contributed by atoms with Crippen molar-refractivity contribution in [2.45, 2.75) is 53.1 Å². The highest BCUT2D eigenvalue weighted by Crippen LogP contribution is 2.38. The molecule has 1 unspecified atom stereocenters. The Morgan fingerprint density at radius 3 is 1.92 bits per heavy atom. The Morgan fingerprint density at radius 1 is 1.15 bits per heavy atom. The fourth-order valence-electron chi connectivity index (χ4n) is 1.51. The summed E-state index contributed by atoms with van der Waals surface area (Å²) in [6, 6.07) is 0. The van der Waals surface area contributed by atoms with Gasteiger partial charge in [-0.25, -0.2) is 0 Å². The second-order valence-electron chi connectivity index (χ2n) is 4.46. The number of rotatable bonds is 4. The van der Waals surface area contributed by atoms with E-state index in [1.54, 1.807) is 6.92 Å². The quantitative estimate of drug-likeness (QED) is 0.625. The Labute approximate surface area is 78.5 Å². The maximum atomic E-state index is 12.1. The Hall–Kier alpha value is -0.210. The van der Waals surface area contributed by atoms with E-state index in [4.69, 9.17) is 0 Å². The molecule has 0 radical (unpaired) electrons. The summed E-state index contributed by atoms with van der Waals surface area (Å²) in [6.45, 7) is 7.50. The highest BCUT2D eigenvalue weighted by molar-refractivity contribution is 4.76. The zero-order chi connectivity index (χ0) is 10.7. The molecule has 0 saturated carbocycles. The van der Waals surface area contributed by atoms with E-state index < -0.39 is 12.6 Å². The maximum Gasteiger partial charge on any atom is 0.389 e. The van der Waals surface area contributed by atoms with Crippen molar-refractivity contribution in [2.24, 2.45) is 11.3 Å². The fraction of sp³-hybridized carbons (Fsp3) is 1.00. The second-order valence-corrected chi connectivity index (χ2v) is 4.46. The lowest BCUT2D eigenvalue weighted by Gasteiger charge is -2.32. The van der Waals surface area contributed by atoms with Gasteiger partial charge in [0.15, 0.2) is 0 Å². The molecule has 0 saturated heterocycles. The first-order chi connectivity index (χ1) is 5.69. The van der Waals surface area contributed by atoms with Crippen molar-refractivity contribution in [2.75, 3.05) is 0 Å². The van der Waals surface area contributed by atoms with Crippen LogP contribution in [0.3, 0.4) is 0 Å². The molecule has 0 spiro atoms. The highest BCUT2D eigenvalue weighted by atomic mass is 19.4. The van der Waals surface area contributed by atoms with Gasteiger partial charge in [-0.1, -0.05) is 34.1 Å². The molecule has 0 aliphatic rings. The highest BCUT2D eigenvalue weighted by Gasteiger charge is 2.36. The SMILES string of the molecule is CCCC(C)(C)C(C)CC(F)(F)F. The van der Waals surface area contributed by atoms with Gasteiger partial charge in [-0.15, -0.1) is 0 Å². The van der Waals surface area contributed by atoms with E-state index in [0.717, 1.165) is 12.8 Å². The predicted molar refractivity (Wildman–Crippen MR) is 48.5 cm³/mol. The molecular weight excluding hydrogens is 177 g/mol. The van der Waals surface area contributed by atoms with Crippen LogP contribution >= 0.6 is 0 Å². The van der Waals surface area contributed by atoms with Crippen molar-refractivity contribution in [3.05, 3.63) is 0 Å². The summed E-state index contributed by atoms with van der Waals surface area (Å²) in [4.78, 5) is 0. The summed E-state index contributed by atoms with van der Waals surface area (Å²) < 4.78 is 36.2. The molecule has 0 aromatic rings. The monoisotopic (exact) mass is 196 g/mol. The van der Waals surface area contributed by atoms with Gasteiger partial charge in [-0.3, -0.25) is 0 Å². The topological polar surface area (TPSA) is 0 Å². The van der Waals surface area contributed by atoms with E-state index in [1.807, 2.05) is 20.8 Å². The molecule has 0 aliphatic heterocycles. The van der Waals surface area contributed by atoms with Crippen LogP contribution in [0.25, 0.3) is 0 Å². The molecule has 0 nitrogen and oxygen atoms in total. The lowest BCUT2D eigenvalue weighted by molar-refractivity contribution is -0.151. The fourth-order valence-corrected chi connectivity index (χ4v) is 1.51. The van der Waals surface area contributed by atoms with E-state index in [-0.39, 0.29) is 11.3 Å². The van der Waals surface area contributed by atoms with Gasteiger partial charge in [0.05, 0.1) is 0 Å². The van der Waals surface area contributed by atoms with Gasteiger partial charge in [-0.05, 0) is 17.8 Å². The first-order valence-electron chi connectivity index (χ1n) is 4.76. The Kier molecular flexibility index (Phi) is 4.27. The lowest BCUT2D eigenvalue weighted by Crippen LogP contribution is -2.26. The molecular formula is C10H19F3. The molecule has 0 rings (SSSR count). The van der Waals surface area contributed by atoms with Crippen LogP contribution in [-0.4, -0.2) is 6.18 Å². The zero-order valence-electron chi connectivity index (χ0n) is 8.83. The molecule has 0 aliphatic carbocycles. The van der Waals surface area contributed by atoms with Crippen LogP contribution < -0.4 is 0 Å². The van der Waals surface area contributed by atoms with Crippen LogP contribution in [0.5, 0.6) is 0 Å². The molecule has 0 aromatic heterocycles. The summed E-state index contributed by atoms with van der Waals surface area (Å²) >= 11 is 0. The van der Waals surface area contributed by atoms with E-state index in [0.29, 0.717) is 0 Å². The average Bonchev–Trinajstić information content (AvgIpc) is 1.82. The molecule has 0 heterocycles. The first kappa shape index (κ1) is 12.8. The van der Waals surface area contributed by atoms with Crippen LogP contribution in [0.4, 0.5) is 13.2 Å². The van der Waals surface area contributed by atoms with Crippen molar-refractivity contribution in [1.29, 1.82) is 0 Å². The number of halogens is 3. The van der Waals surface area contributed by atoms with Gasteiger partial charge in [-0.2, -0.15) is 13.2 Å². The minimum atomic E-state index is -4.02. The van der Waals surface area contributed by atoms with Crippen LogP contribution in [0.2, 0.25) is 0 Å². The number of hydrogen-bond acceptors (Lipinski definition) is 0. The molecule has 0 bridgehead atoms. The Bertz CT molecular complexity index is 147. The van der Waals surface area contributed by atoms with Gasteiger partial charge in [0.2, 0.25) is 0 Å². The zero-order valence-corrected chi connectivity index (χ0v) is 8.83. The summed E-state index contributed by atoms with van der Waals surface area (Å²) in [7, 11) is 0. The van der Waals surface area contributed by atoms with Crippen molar-refractivity contribution in [3.63, 3.8) is 0 Å². The van der Waals surface area contributed by atoms with E-state index in [1.165, 1.54) is 0 Å². The minimum absolute atomic E-state index is 0.204. The lowest BCUT2D eigenvalue weighted by atomic mass is 9.75. The largest absolute Gasteiger partial charge is 0.389 e. The van der Waals surface area contributed by atoms with Gasteiger partial charge < -0.3 is 0 Å². The van der Waals surface area contributed by atoms with Crippen molar-refractivity contribution in [3.8, 4) is 0 Å². The summed E-state index contributed by atoms with van der Waals surface area (Å²) in [5.74, 6) is -0.299. The van der Waals surface area contributed by atoms with E-state index in [9.17, 15) is 13.2 Å². The van der Waals surface area contributed by atoms with Gasteiger partial charge in [0.1, 0.15) is 0 Å². The molecule has 3 heteroatoms. The molecule has 13 heavy (non-hydrogen) atoms. The second kappa shape index (κ2) is 4.34. The molecule has 0 amide bonds. The minimum Gasteiger partial charge on any atom is -0.171 e. The molecule has 0 aromatic carbocycles. The van der Waals surface area contributed by atoms with E-state index >= 15 is 0 Å². The van der Waals surface area contributed by atoms with Gasteiger partial charge >= 0.3 is 6.18 Å². The molecule has 80 valence electrons. The Balaban J connectivity index is 4.16. The number of alkyl halides is 3. The molecule has 0 fully saturated rings. The van der Waals surface area contributed by atoms with Crippen LogP contribution in [-0.2, 0) is 0 Å². The van der Waals surface area contributed by atoms with Crippen LogP contribution in [0, 0.1) is 11.3 Å². The van der Waals surface area contributed by atoms with Crippen molar-refractivity contribution >= 4 is 0 Å². The summed E-state index contributed by atoms with van der Waals surface area (Å²) in [5.41, 5.74) is -0.204. The normalized spacial score (nSPS) is 15.9. The van der Waals surface area contributed by atoms with Crippen molar-refractivity contribution < 1.29 is 13.2 Å². The third kappa shape index (κ3) is 5.17. The molecule has 1 atom stereocenters. The van der Waals surface area contributed by atoms with Crippen LogP contribution in [0.1, 0.15) is 47.0 Å². The van der Waals surface area contributed by atoms with Gasteiger partial charge in [0.25, 0.3) is 0 Å². The third-order valence-electron chi connectivity index (χ3n) is 2.77. The maximum absolute atomic E-state index is 12.1. The summed E-state index contributed by atoms with van der Waals surface area (Å²) in [6.07, 6.45) is -2.90. The van der Waals surface area contributed by atoms with Crippen molar-refractivity contribution in [1.82, 2.24) is 0 Å². The third-order valence-corrected chi connectivity index (χ3v) is 2.77.